The van der Waals surface area contributed by atoms with Crippen LogP contribution in [0.25, 0.3) is 0 Å². The first-order valence-corrected chi connectivity index (χ1v) is 8.53. The molecule has 2 N–H and O–H groups in total. The topological polar surface area (TPSA) is 94.0 Å². The number of nitro groups is 1. The Bertz CT molecular complexity index is 814. The second-order valence-corrected chi connectivity index (χ2v) is 6.29. The molecule has 136 valence electrons. The minimum absolute atomic E-state index is 0.0816. The number of methoxy groups -OCH3 is 1. The van der Waals surface area contributed by atoms with Crippen molar-refractivity contribution in [3.63, 3.8) is 0 Å². The third kappa shape index (κ3) is 3.61. The molecule has 1 aliphatic heterocycles. The Hall–Kier alpha value is -3.09. The highest BCUT2D eigenvalue weighted by molar-refractivity contribution is 5.83. The van der Waals surface area contributed by atoms with Crippen molar-refractivity contribution < 1.29 is 9.66 Å². The molecule has 2 aromatic rings. The second kappa shape index (κ2) is 7.86. The molecule has 1 aliphatic rings. The van der Waals surface area contributed by atoms with Crippen molar-refractivity contribution >= 4 is 17.6 Å². The van der Waals surface area contributed by atoms with Crippen molar-refractivity contribution in [1.29, 1.82) is 0 Å². The zero-order valence-electron chi connectivity index (χ0n) is 14.7. The summed E-state index contributed by atoms with van der Waals surface area (Å²) < 4.78 is 5.47. The molecule has 0 bridgehead atoms. The second-order valence-electron chi connectivity index (χ2n) is 6.29. The third-order valence-electron chi connectivity index (χ3n) is 4.83. The normalized spacial score (nSPS) is 15.3. The van der Waals surface area contributed by atoms with Gasteiger partial charge in [-0.05, 0) is 36.5 Å². The largest absolute Gasteiger partial charge is 0.496 e. The molecule has 0 aliphatic carbocycles. The van der Waals surface area contributed by atoms with Crippen molar-refractivity contribution in [2.75, 3.05) is 25.1 Å². The maximum Gasteiger partial charge on any atom is 0.293 e. The van der Waals surface area contributed by atoms with E-state index >= 15 is 0 Å². The molecule has 1 saturated heterocycles. The van der Waals surface area contributed by atoms with Gasteiger partial charge in [0, 0.05) is 24.7 Å². The Morgan fingerprint density at radius 3 is 2.65 bits per heavy atom. The van der Waals surface area contributed by atoms with Gasteiger partial charge >= 0.3 is 0 Å². The number of hydrogen-bond acceptors (Lipinski definition) is 6. The summed E-state index contributed by atoms with van der Waals surface area (Å²) in [7, 11) is 1.68. The summed E-state index contributed by atoms with van der Waals surface area (Å²) in [6.45, 7) is 1.52. The van der Waals surface area contributed by atoms with Gasteiger partial charge in [-0.1, -0.05) is 24.3 Å². The fraction of sp³-hybridized carbons (Fsp3) is 0.316. The molecule has 0 radical (unpaired) electrons. The summed E-state index contributed by atoms with van der Waals surface area (Å²) in [5.74, 6) is 6.44. The van der Waals surface area contributed by atoms with Gasteiger partial charge in [-0.3, -0.25) is 10.1 Å². The van der Waals surface area contributed by atoms with Crippen molar-refractivity contribution in [2.24, 2.45) is 10.9 Å². The molecule has 1 heterocycles. The molecule has 0 unspecified atom stereocenters. The molecule has 0 aromatic heterocycles. The zero-order valence-corrected chi connectivity index (χ0v) is 14.7. The summed E-state index contributed by atoms with van der Waals surface area (Å²) in [6.07, 6.45) is 3.25. The fourth-order valence-corrected chi connectivity index (χ4v) is 3.56. The smallest absolute Gasteiger partial charge is 0.293 e. The molecule has 2 aromatic carbocycles. The molecular weight excluding hydrogens is 332 g/mol. The number of hydrogen-bond donors (Lipinski definition) is 1. The number of anilines is 1. The minimum Gasteiger partial charge on any atom is -0.496 e. The first-order valence-electron chi connectivity index (χ1n) is 8.53. The molecule has 3 rings (SSSR count). The maximum atomic E-state index is 11.5. The number of rotatable bonds is 5. The van der Waals surface area contributed by atoms with Crippen LogP contribution in [-0.2, 0) is 0 Å². The number of ether oxygens (including phenoxy) is 1. The van der Waals surface area contributed by atoms with E-state index in [4.69, 9.17) is 10.6 Å². The maximum absolute atomic E-state index is 11.5. The van der Waals surface area contributed by atoms with Gasteiger partial charge in [-0.2, -0.15) is 5.10 Å². The summed E-state index contributed by atoms with van der Waals surface area (Å²) >= 11 is 0. The van der Waals surface area contributed by atoms with E-state index in [0.717, 1.165) is 31.7 Å². The lowest BCUT2D eigenvalue weighted by atomic mass is 9.88. The van der Waals surface area contributed by atoms with E-state index in [0.29, 0.717) is 17.2 Å². The molecule has 26 heavy (non-hydrogen) atoms. The van der Waals surface area contributed by atoms with Gasteiger partial charge in [0.1, 0.15) is 11.4 Å². The van der Waals surface area contributed by atoms with Crippen LogP contribution in [0.5, 0.6) is 5.75 Å². The monoisotopic (exact) mass is 354 g/mol. The van der Waals surface area contributed by atoms with Gasteiger partial charge in [0.05, 0.1) is 18.2 Å². The van der Waals surface area contributed by atoms with Crippen molar-refractivity contribution in [2.45, 2.75) is 18.8 Å². The van der Waals surface area contributed by atoms with E-state index in [2.05, 4.69) is 16.1 Å². The Labute approximate surface area is 152 Å². The number of nitro benzene ring substituents is 1. The zero-order chi connectivity index (χ0) is 18.5. The molecule has 1 fully saturated rings. The Morgan fingerprint density at radius 1 is 1.27 bits per heavy atom. The number of nitrogens with zero attached hydrogens (tertiary/aromatic N) is 3. The van der Waals surface area contributed by atoms with E-state index < -0.39 is 0 Å². The summed E-state index contributed by atoms with van der Waals surface area (Å²) in [5.41, 5.74) is 2.55. The molecule has 0 amide bonds. The highest BCUT2D eigenvalue weighted by atomic mass is 16.6. The standard InChI is InChI=1S/C19H22N4O3/c1-26-19-5-3-2-4-16(19)15-8-10-22(11-9-15)17-7-6-14(13-21-20)12-18(17)23(24)25/h2-7,12-13,15H,8-11,20H2,1H3. The summed E-state index contributed by atoms with van der Waals surface area (Å²) in [4.78, 5) is 13.2. The Morgan fingerprint density at radius 2 is 2.00 bits per heavy atom. The average Bonchev–Trinajstić information content (AvgIpc) is 2.68. The van der Waals surface area contributed by atoms with Crippen LogP contribution in [0.3, 0.4) is 0 Å². The summed E-state index contributed by atoms with van der Waals surface area (Å²) in [5, 5.41) is 14.9. The van der Waals surface area contributed by atoms with Gasteiger partial charge in [0.25, 0.3) is 5.69 Å². The molecule has 7 nitrogen and oxygen atoms in total. The van der Waals surface area contributed by atoms with Gasteiger partial charge in [0.2, 0.25) is 0 Å². The quantitative estimate of drug-likeness (QED) is 0.385. The van der Waals surface area contributed by atoms with E-state index in [1.54, 1.807) is 19.2 Å². The number of nitrogens with two attached hydrogens (primary N) is 1. The van der Waals surface area contributed by atoms with Crippen LogP contribution in [0.4, 0.5) is 11.4 Å². The summed E-state index contributed by atoms with van der Waals surface area (Å²) in [6, 6.07) is 13.1. The third-order valence-corrected chi connectivity index (χ3v) is 4.83. The van der Waals surface area contributed by atoms with Gasteiger partial charge in [-0.15, -0.1) is 0 Å². The number of benzene rings is 2. The molecular formula is C19H22N4O3. The first-order chi connectivity index (χ1) is 12.6. The van der Waals surface area contributed by atoms with Crippen LogP contribution in [0.15, 0.2) is 47.6 Å². The van der Waals surface area contributed by atoms with E-state index in [9.17, 15) is 10.1 Å². The van der Waals surface area contributed by atoms with Crippen molar-refractivity contribution in [3.8, 4) is 5.75 Å². The number of hydrazone groups is 1. The molecule has 7 heteroatoms. The van der Waals surface area contributed by atoms with Crippen LogP contribution in [0.1, 0.15) is 29.9 Å². The van der Waals surface area contributed by atoms with E-state index in [-0.39, 0.29) is 10.6 Å². The van der Waals surface area contributed by atoms with Gasteiger partial charge in [0.15, 0.2) is 0 Å². The molecule has 0 spiro atoms. The van der Waals surface area contributed by atoms with Gasteiger partial charge < -0.3 is 15.5 Å². The highest BCUT2D eigenvalue weighted by Gasteiger charge is 2.27. The van der Waals surface area contributed by atoms with Crippen molar-refractivity contribution in [1.82, 2.24) is 0 Å². The number of piperidine rings is 1. The Kier molecular flexibility index (Phi) is 5.36. The van der Waals surface area contributed by atoms with Crippen LogP contribution in [-0.4, -0.2) is 31.3 Å². The Balaban J connectivity index is 1.79. The van der Waals surface area contributed by atoms with Crippen LogP contribution in [0, 0.1) is 10.1 Å². The first kappa shape index (κ1) is 17.7. The highest BCUT2D eigenvalue weighted by Crippen LogP contribution is 2.37. The van der Waals surface area contributed by atoms with Crippen molar-refractivity contribution in [3.05, 3.63) is 63.7 Å². The average molecular weight is 354 g/mol. The van der Waals surface area contributed by atoms with E-state index in [1.807, 2.05) is 18.2 Å². The minimum atomic E-state index is -0.352. The van der Waals surface area contributed by atoms with E-state index in [1.165, 1.54) is 17.8 Å². The fourth-order valence-electron chi connectivity index (χ4n) is 3.56. The predicted molar refractivity (Wildman–Crippen MR) is 102 cm³/mol. The van der Waals surface area contributed by atoms with Gasteiger partial charge in [-0.25, -0.2) is 0 Å². The lowest BCUT2D eigenvalue weighted by Gasteiger charge is -2.34. The van der Waals surface area contributed by atoms with Crippen LogP contribution < -0.4 is 15.5 Å². The van der Waals surface area contributed by atoms with Crippen LogP contribution in [0.2, 0.25) is 0 Å². The van der Waals surface area contributed by atoms with Crippen LogP contribution >= 0.6 is 0 Å². The molecule has 0 saturated carbocycles. The lowest BCUT2D eigenvalue weighted by molar-refractivity contribution is -0.384. The molecule has 0 atom stereocenters. The SMILES string of the molecule is COc1ccccc1C1CCN(c2ccc(C=NN)cc2[N+](=O)[O-])CC1. The lowest BCUT2D eigenvalue weighted by Crippen LogP contribution is -2.33. The number of para-hydroxylation sites is 1. The predicted octanol–water partition coefficient (Wildman–Crippen LogP) is 3.28.